The molecule has 1 atom stereocenters. The first-order chi connectivity index (χ1) is 8.19. The maximum atomic E-state index is 11.9. The second-order valence-corrected chi connectivity index (χ2v) is 5.25. The van der Waals surface area contributed by atoms with Crippen LogP contribution in [0, 0.1) is 0 Å². The van der Waals surface area contributed by atoms with E-state index in [1.807, 2.05) is 0 Å². The summed E-state index contributed by atoms with van der Waals surface area (Å²) in [5, 5.41) is 0.604. The van der Waals surface area contributed by atoms with Crippen molar-refractivity contribution in [2.24, 2.45) is 0 Å². The predicted octanol–water partition coefficient (Wildman–Crippen LogP) is 3.05. The molecule has 17 heavy (non-hydrogen) atoms. The van der Waals surface area contributed by atoms with Crippen molar-refractivity contribution in [3.05, 3.63) is 52.9 Å². The van der Waals surface area contributed by atoms with Crippen molar-refractivity contribution in [1.82, 2.24) is 0 Å². The molecule has 0 fully saturated rings. The fraction of sp³-hybridized carbons (Fsp3) is 0.0833. The van der Waals surface area contributed by atoms with Crippen LogP contribution in [0.2, 0.25) is 5.02 Å². The predicted molar refractivity (Wildman–Crippen MR) is 65.7 cm³/mol. The van der Waals surface area contributed by atoms with Gasteiger partial charge in [0.1, 0.15) is 5.76 Å². The van der Waals surface area contributed by atoms with E-state index in [-0.39, 0.29) is 11.5 Å². The van der Waals surface area contributed by atoms with E-state index >= 15 is 0 Å². The molecule has 0 saturated heterocycles. The lowest BCUT2D eigenvalue weighted by Gasteiger charge is -2.00. The van der Waals surface area contributed by atoms with Gasteiger partial charge < -0.3 is 4.42 Å². The molecule has 2 rings (SSSR count). The van der Waals surface area contributed by atoms with Crippen LogP contribution in [0.25, 0.3) is 0 Å². The summed E-state index contributed by atoms with van der Waals surface area (Å²) in [6, 6.07) is 10.0. The number of carbonyl (C=O) groups is 1. The lowest BCUT2D eigenvalue weighted by Crippen LogP contribution is -1.94. The normalized spacial score (nSPS) is 12.3. The molecule has 0 aliphatic heterocycles. The number of benzene rings is 1. The third kappa shape index (κ3) is 3.05. The zero-order valence-electron chi connectivity index (χ0n) is 8.76. The van der Waals surface area contributed by atoms with Crippen LogP contribution in [0.15, 0.2) is 45.7 Å². The lowest BCUT2D eigenvalue weighted by atomic mass is 10.4. The molecular formula is C12H9ClO3S. The Labute approximate surface area is 106 Å². The molecule has 0 bridgehead atoms. The molecule has 0 aliphatic rings. The average molecular weight is 269 g/mol. The fourth-order valence-corrected chi connectivity index (χ4v) is 2.48. The Kier molecular flexibility index (Phi) is 3.76. The smallest absolute Gasteiger partial charge is 0.185 e. The van der Waals surface area contributed by atoms with Crippen molar-refractivity contribution in [3.8, 4) is 0 Å². The molecule has 0 aliphatic carbocycles. The molecule has 1 aromatic carbocycles. The first-order valence-electron chi connectivity index (χ1n) is 4.87. The summed E-state index contributed by atoms with van der Waals surface area (Å²) in [5.74, 6) is 1.02. The van der Waals surface area contributed by atoms with Crippen LogP contribution >= 0.6 is 11.6 Å². The van der Waals surface area contributed by atoms with Gasteiger partial charge in [0.05, 0.1) is 16.6 Å². The lowest BCUT2D eigenvalue weighted by molar-refractivity contribution is 0.109. The molecule has 1 heterocycles. The maximum absolute atomic E-state index is 11.9. The standard InChI is InChI=1S/C12H9ClO3S/c13-9-1-5-12(6-2-9)17(15)8-11-4-3-10(7-14)16-11/h1-7H,8H2. The Hall–Kier alpha value is -1.39. The first-order valence-corrected chi connectivity index (χ1v) is 6.56. The number of hydrogen-bond acceptors (Lipinski definition) is 3. The minimum atomic E-state index is -1.20. The molecule has 0 spiro atoms. The number of aldehydes is 1. The monoisotopic (exact) mass is 268 g/mol. The molecule has 5 heteroatoms. The van der Waals surface area contributed by atoms with Gasteiger partial charge in [-0.25, -0.2) is 0 Å². The molecule has 0 saturated carbocycles. The highest BCUT2D eigenvalue weighted by molar-refractivity contribution is 7.84. The highest BCUT2D eigenvalue weighted by Gasteiger charge is 2.08. The van der Waals surface area contributed by atoms with Gasteiger partial charge in [0.25, 0.3) is 0 Å². The highest BCUT2D eigenvalue weighted by atomic mass is 35.5. The second-order valence-electron chi connectivity index (χ2n) is 3.37. The van der Waals surface area contributed by atoms with Gasteiger partial charge in [-0.3, -0.25) is 9.00 Å². The van der Waals surface area contributed by atoms with Gasteiger partial charge >= 0.3 is 0 Å². The Bertz CT molecular complexity index is 545. The highest BCUT2D eigenvalue weighted by Crippen LogP contribution is 2.16. The summed E-state index contributed by atoms with van der Waals surface area (Å²) < 4.78 is 17.1. The minimum absolute atomic E-state index is 0.244. The summed E-state index contributed by atoms with van der Waals surface area (Å²) >= 11 is 5.74. The summed E-state index contributed by atoms with van der Waals surface area (Å²) in [6.45, 7) is 0. The van der Waals surface area contributed by atoms with Crippen LogP contribution in [0.4, 0.5) is 0 Å². The van der Waals surface area contributed by atoms with Gasteiger partial charge in [-0.15, -0.1) is 0 Å². The van der Waals surface area contributed by atoms with Gasteiger partial charge in [-0.2, -0.15) is 0 Å². The SMILES string of the molecule is O=Cc1ccc(CS(=O)c2ccc(Cl)cc2)o1. The number of furan rings is 1. The van der Waals surface area contributed by atoms with Gasteiger partial charge in [0.2, 0.25) is 0 Å². The minimum Gasteiger partial charge on any atom is -0.457 e. The third-order valence-electron chi connectivity index (χ3n) is 2.15. The van der Waals surface area contributed by atoms with E-state index in [9.17, 15) is 9.00 Å². The second kappa shape index (κ2) is 5.29. The van der Waals surface area contributed by atoms with E-state index in [0.29, 0.717) is 22.0 Å². The van der Waals surface area contributed by atoms with Crippen molar-refractivity contribution in [2.75, 3.05) is 0 Å². The summed E-state index contributed by atoms with van der Waals surface area (Å²) in [6.07, 6.45) is 0.620. The van der Waals surface area contributed by atoms with Gasteiger partial charge in [0, 0.05) is 9.92 Å². The van der Waals surface area contributed by atoms with Crippen LogP contribution in [0.1, 0.15) is 16.3 Å². The largest absolute Gasteiger partial charge is 0.457 e. The van der Waals surface area contributed by atoms with Crippen LogP contribution in [-0.2, 0) is 16.6 Å². The zero-order valence-corrected chi connectivity index (χ0v) is 10.3. The molecule has 0 radical (unpaired) electrons. The van der Waals surface area contributed by atoms with Crippen LogP contribution in [0.3, 0.4) is 0 Å². The summed E-state index contributed by atoms with van der Waals surface area (Å²) in [4.78, 5) is 11.1. The van der Waals surface area contributed by atoms with Gasteiger partial charge in [-0.05, 0) is 36.4 Å². The zero-order chi connectivity index (χ0) is 12.3. The summed E-state index contributed by atoms with van der Waals surface area (Å²) in [5.41, 5.74) is 0. The Balaban J connectivity index is 2.11. The molecular weight excluding hydrogens is 260 g/mol. The van der Waals surface area contributed by atoms with Crippen LogP contribution < -0.4 is 0 Å². The topological polar surface area (TPSA) is 47.3 Å². The molecule has 2 aromatic rings. The van der Waals surface area contributed by atoms with Crippen molar-refractivity contribution in [2.45, 2.75) is 10.6 Å². The number of halogens is 1. The first kappa shape index (κ1) is 12.1. The van der Waals surface area contributed by atoms with E-state index in [2.05, 4.69) is 0 Å². The Morgan fingerprint density at radius 1 is 1.18 bits per heavy atom. The van der Waals surface area contributed by atoms with Gasteiger partial charge in [-0.1, -0.05) is 11.6 Å². The molecule has 88 valence electrons. The molecule has 3 nitrogen and oxygen atoms in total. The molecule has 0 N–H and O–H groups in total. The van der Waals surface area contributed by atoms with Gasteiger partial charge in [0.15, 0.2) is 12.0 Å². The number of rotatable bonds is 4. The average Bonchev–Trinajstić information content (AvgIpc) is 2.77. The van der Waals surface area contributed by atoms with E-state index < -0.39 is 10.8 Å². The molecule has 1 aromatic heterocycles. The fourth-order valence-electron chi connectivity index (χ4n) is 1.33. The van der Waals surface area contributed by atoms with E-state index in [0.717, 1.165) is 0 Å². The van der Waals surface area contributed by atoms with Crippen molar-refractivity contribution in [1.29, 1.82) is 0 Å². The molecule has 0 amide bonds. The number of hydrogen-bond donors (Lipinski definition) is 0. The van der Waals surface area contributed by atoms with Crippen molar-refractivity contribution < 1.29 is 13.4 Å². The Morgan fingerprint density at radius 3 is 2.47 bits per heavy atom. The Morgan fingerprint density at radius 2 is 1.88 bits per heavy atom. The third-order valence-corrected chi connectivity index (χ3v) is 3.75. The number of carbonyl (C=O) groups excluding carboxylic acids is 1. The molecule has 1 unspecified atom stereocenters. The van der Waals surface area contributed by atoms with E-state index in [4.69, 9.17) is 16.0 Å². The van der Waals surface area contributed by atoms with E-state index in [1.54, 1.807) is 36.4 Å². The quantitative estimate of drug-likeness (QED) is 0.801. The van der Waals surface area contributed by atoms with Crippen LogP contribution in [-0.4, -0.2) is 10.5 Å². The van der Waals surface area contributed by atoms with Crippen molar-refractivity contribution in [3.63, 3.8) is 0 Å². The van der Waals surface area contributed by atoms with Crippen LogP contribution in [0.5, 0.6) is 0 Å². The summed E-state index contributed by atoms with van der Waals surface area (Å²) in [7, 11) is -1.20. The van der Waals surface area contributed by atoms with Crippen molar-refractivity contribution >= 4 is 28.7 Å². The van der Waals surface area contributed by atoms with E-state index in [1.165, 1.54) is 0 Å². The maximum Gasteiger partial charge on any atom is 0.185 e.